The Labute approximate surface area is 224 Å². The highest BCUT2D eigenvalue weighted by atomic mass is 32.1. The first-order chi connectivity index (χ1) is 18.4. The van der Waals surface area contributed by atoms with Crippen molar-refractivity contribution in [1.82, 2.24) is 4.57 Å². The number of aromatic nitrogens is 1. The van der Waals surface area contributed by atoms with Crippen LogP contribution in [0.25, 0.3) is 6.08 Å². The Morgan fingerprint density at radius 1 is 1.13 bits per heavy atom. The third-order valence-corrected chi connectivity index (χ3v) is 7.78. The molecule has 0 spiro atoms. The predicted molar refractivity (Wildman–Crippen MR) is 145 cm³/mol. The minimum absolute atomic E-state index is 0.205. The molecular weight excluding hydrogens is 506 g/mol. The van der Waals surface area contributed by atoms with Crippen LogP contribution >= 0.6 is 11.3 Å². The summed E-state index contributed by atoms with van der Waals surface area (Å²) in [6, 6.07) is 8.43. The van der Waals surface area contributed by atoms with Gasteiger partial charge in [0.2, 0.25) is 0 Å². The zero-order chi connectivity index (χ0) is 26.8. The number of piperidine rings is 1. The molecule has 2 aromatic heterocycles. The van der Waals surface area contributed by atoms with Crippen molar-refractivity contribution >= 4 is 29.3 Å². The quantitative estimate of drug-likeness (QED) is 0.427. The number of allylic oxidation sites excluding steroid dienone is 1. The number of ether oxygens (including phenoxy) is 3. The van der Waals surface area contributed by atoms with Gasteiger partial charge < -0.3 is 23.5 Å². The Hall–Kier alpha value is -3.79. The van der Waals surface area contributed by atoms with E-state index < -0.39 is 12.0 Å². The highest BCUT2D eigenvalue weighted by molar-refractivity contribution is 7.07. The number of carbonyl (C=O) groups is 1. The molecule has 4 heterocycles. The molecule has 0 radical (unpaired) electrons. The summed E-state index contributed by atoms with van der Waals surface area (Å²) in [5.41, 5.74) is 1.22. The van der Waals surface area contributed by atoms with Crippen LogP contribution in [0.5, 0.6) is 11.5 Å². The molecule has 1 aromatic carbocycles. The molecular formula is C28H31N3O6S. The van der Waals surface area contributed by atoms with E-state index in [9.17, 15) is 9.59 Å². The summed E-state index contributed by atoms with van der Waals surface area (Å²) in [6.07, 6.45) is 5.27. The zero-order valence-corrected chi connectivity index (χ0v) is 22.8. The molecule has 3 aromatic rings. The van der Waals surface area contributed by atoms with E-state index in [-0.39, 0.29) is 12.2 Å². The summed E-state index contributed by atoms with van der Waals surface area (Å²) in [4.78, 5) is 34.3. The normalized spacial score (nSPS) is 17.7. The van der Waals surface area contributed by atoms with Crippen molar-refractivity contribution in [3.05, 3.63) is 72.6 Å². The lowest BCUT2D eigenvalue weighted by molar-refractivity contribution is -0.139. The summed E-state index contributed by atoms with van der Waals surface area (Å²) < 4.78 is 24.4. The SMILES string of the molecule is CCOC(=O)C1=C(C)N=c2s/c(=C/c3ccc(N4CCCCC4)o3)c(=O)n2C1c1ccc(OC)c(OC)c1. The topological polar surface area (TPSA) is 95.5 Å². The number of methoxy groups -OCH3 is 2. The van der Waals surface area contributed by atoms with E-state index in [1.54, 1.807) is 50.8 Å². The first-order valence-corrected chi connectivity index (χ1v) is 13.5. The van der Waals surface area contributed by atoms with E-state index in [1.165, 1.54) is 17.8 Å². The fourth-order valence-corrected chi connectivity index (χ4v) is 5.99. The van der Waals surface area contributed by atoms with Gasteiger partial charge >= 0.3 is 5.97 Å². The van der Waals surface area contributed by atoms with E-state index >= 15 is 0 Å². The molecule has 0 amide bonds. The molecule has 200 valence electrons. The Balaban J connectivity index is 1.63. The number of hydrogen-bond acceptors (Lipinski definition) is 9. The van der Waals surface area contributed by atoms with Crippen LogP contribution < -0.4 is 29.3 Å². The van der Waals surface area contributed by atoms with E-state index in [2.05, 4.69) is 9.89 Å². The van der Waals surface area contributed by atoms with Crippen LogP contribution in [0.15, 0.2) is 55.8 Å². The molecule has 1 unspecified atom stereocenters. The average Bonchev–Trinajstić information content (AvgIpc) is 3.52. The molecule has 5 rings (SSSR count). The van der Waals surface area contributed by atoms with Crippen LogP contribution in [0.3, 0.4) is 0 Å². The number of furan rings is 1. The highest BCUT2D eigenvalue weighted by Gasteiger charge is 2.34. The second kappa shape index (κ2) is 10.9. The van der Waals surface area contributed by atoms with Crippen molar-refractivity contribution < 1.29 is 23.4 Å². The van der Waals surface area contributed by atoms with Crippen molar-refractivity contribution in [2.24, 2.45) is 4.99 Å². The molecule has 38 heavy (non-hydrogen) atoms. The van der Waals surface area contributed by atoms with Crippen molar-refractivity contribution in [1.29, 1.82) is 0 Å². The third-order valence-electron chi connectivity index (χ3n) is 6.79. The molecule has 1 fully saturated rings. The Kier molecular flexibility index (Phi) is 7.42. The van der Waals surface area contributed by atoms with Gasteiger partial charge in [-0.05, 0) is 56.9 Å². The molecule has 9 nitrogen and oxygen atoms in total. The molecule has 10 heteroatoms. The number of fused-ring (bicyclic) bond motifs is 1. The maximum Gasteiger partial charge on any atom is 0.338 e. The van der Waals surface area contributed by atoms with Crippen molar-refractivity contribution in [2.45, 2.75) is 39.2 Å². The number of anilines is 1. The monoisotopic (exact) mass is 537 g/mol. The highest BCUT2D eigenvalue weighted by Crippen LogP contribution is 2.36. The number of carbonyl (C=O) groups excluding carboxylic acids is 1. The summed E-state index contributed by atoms with van der Waals surface area (Å²) in [6.45, 7) is 5.65. The number of nitrogens with zero attached hydrogens (tertiary/aromatic N) is 3. The van der Waals surface area contributed by atoms with Crippen molar-refractivity contribution in [2.75, 3.05) is 38.8 Å². The third kappa shape index (κ3) is 4.76. The lowest BCUT2D eigenvalue weighted by atomic mass is 9.95. The second-order valence-corrected chi connectivity index (χ2v) is 10.1. The molecule has 0 N–H and O–H groups in total. The van der Waals surface area contributed by atoms with E-state index in [0.29, 0.717) is 43.4 Å². The van der Waals surface area contributed by atoms with E-state index in [0.717, 1.165) is 31.8 Å². The van der Waals surface area contributed by atoms with Crippen LogP contribution in [-0.2, 0) is 9.53 Å². The van der Waals surface area contributed by atoms with E-state index in [4.69, 9.17) is 18.6 Å². The van der Waals surface area contributed by atoms with Gasteiger partial charge in [-0.1, -0.05) is 17.4 Å². The van der Waals surface area contributed by atoms with Crippen molar-refractivity contribution in [3.8, 4) is 11.5 Å². The molecule has 1 saturated heterocycles. The minimum Gasteiger partial charge on any atom is -0.493 e. The fourth-order valence-electron chi connectivity index (χ4n) is 4.96. The maximum atomic E-state index is 13.8. The largest absolute Gasteiger partial charge is 0.493 e. The van der Waals surface area contributed by atoms with E-state index in [1.807, 2.05) is 18.2 Å². The average molecular weight is 538 g/mol. The summed E-state index contributed by atoms with van der Waals surface area (Å²) in [5.74, 6) is 1.93. The Morgan fingerprint density at radius 3 is 2.61 bits per heavy atom. The maximum absolute atomic E-state index is 13.8. The van der Waals surface area contributed by atoms with Crippen LogP contribution in [-0.4, -0.2) is 44.5 Å². The zero-order valence-electron chi connectivity index (χ0n) is 22.0. The second-order valence-electron chi connectivity index (χ2n) is 9.14. The van der Waals surface area contributed by atoms with Gasteiger partial charge in [0.15, 0.2) is 22.2 Å². The molecule has 2 aliphatic rings. The number of thiazole rings is 1. The molecule has 1 atom stereocenters. The van der Waals surface area contributed by atoms with Gasteiger partial charge in [-0.3, -0.25) is 9.36 Å². The van der Waals surface area contributed by atoms with Gasteiger partial charge in [0.05, 0.1) is 42.7 Å². The first-order valence-electron chi connectivity index (χ1n) is 12.7. The lowest BCUT2D eigenvalue weighted by Crippen LogP contribution is -2.39. The van der Waals surface area contributed by atoms with Gasteiger partial charge in [0.1, 0.15) is 5.76 Å². The first kappa shape index (κ1) is 25.8. The van der Waals surface area contributed by atoms with Crippen LogP contribution in [0, 0.1) is 0 Å². The number of hydrogen-bond donors (Lipinski definition) is 0. The Morgan fingerprint density at radius 2 is 1.89 bits per heavy atom. The lowest BCUT2D eigenvalue weighted by Gasteiger charge is -2.25. The minimum atomic E-state index is -0.743. The standard InChI is InChI=1S/C28H31N3O6S/c1-5-36-27(33)24-17(2)29-28-31(25(24)18-9-11-20(34-3)21(15-18)35-4)26(32)22(38-28)16-19-10-12-23(37-19)30-13-7-6-8-14-30/h9-12,15-16,25H,5-8,13-14H2,1-4H3/b22-16+. The van der Waals surface area contributed by atoms with Crippen LogP contribution in [0.4, 0.5) is 5.88 Å². The summed E-state index contributed by atoms with van der Waals surface area (Å²) in [7, 11) is 3.10. The number of esters is 1. The van der Waals surface area contributed by atoms with Crippen LogP contribution in [0.1, 0.15) is 50.5 Å². The van der Waals surface area contributed by atoms with Gasteiger partial charge in [0, 0.05) is 25.2 Å². The fraction of sp³-hybridized carbons (Fsp3) is 0.393. The smallest absolute Gasteiger partial charge is 0.338 e. The number of rotatable bonds is 7. The summed E-state index contributed by atoms with van der Waals surface area (Å²) in [5, 5.41) is 0. The van der Waals surface area contributed by atoms with Gasteiger partial charge in [-0.15, -0.1) is 0 Å². The summed E-state index contributed by atoms with van der Waals surface area (Å²) >= 11 is 1.26. The van der Waals surface area contributed by atoms with Crippen LogP contribution in [0.2, 0.25) is 0 Å². The molecule has 2 aliphatic heterocycles. The molecule has 0 bridgehead atoms. The molecule has 0 saturated carbocycles. The number of benzene rings is 1. The van der Waals surface area contributed by atoms with Gasteiger partial charge in [-0.2, -0.15) is 0 Å². The van der Waals surface area contributed by atoms with Gasteiger partial charge in [0.25, 0.3) is 5.56 Å². The Bertz CT molecular complexity index is 1560. The molecule has 0 aliphatic carbocycles. The predicted octanol–water partition coefficient (Wildman–Crippen LogP) is 3.40. The van der Waals surface area contributed by atoms with Gasteiger partial charge in [-0.25, -0.2) is 9.79 Å². The van der Waals surface area contributed by atoms with Crippen molar-refractivity contribution in [3.63, 3.8) is 0 Å².